The van der Waals surface area contributed by atoms with Crippen molar-refractivity contribution in [3.8, 4) is 0 Å². The van der Waals surface area contributed by atoms with Crippen molar-refractivity contribution >= 4 is 17.3 Å². The van der Waals surface area contributed by atoms with Gasteiger partial charge in [-0.15, -0.1) is 10.2 Å². The van der Waals surface area contributed by atoms with Crippen molar-refractivity contribution < 1.29 is 22.5 Å². The first kappa shape index (κ1) is 18.8. The minimum absolute atomic E-state index is 0.0266. The Morgan fingerprint density at radius 2 is 2.00 bits per heavy atom. The van der Waals surface area contributed by atoms with Crippen LogP contribution in [-0.2, 0) is 19.1 Å². The van der Waals surface area contributed by atoms with Gasteiger partial charge in [-0.1, -0.05) is 23.7 Å². The molecule has 0 saturated carbocycles. The van der Waals surface area contributed by atoms with Gasteiger partial charge in [0.1, 0.15) is 12.2 Å². The molecule has 3 rings (SSSR count). The number of alkyl halides is 3. The molecule has 1 aromatic carbocycles. The quantitative estimate of drug-likeness (QED) is 0.476. The molecule has 0 spiro atoms. The standard InChI is InChI=1S/C15H11ClF3N5O3/c1-8-13(24(25)26)14(15(17,18)19)22-23(8)7-12-21-20-11(27-12)6-9-3-2-4-10(16)5-9/h2-5H,6-7H2,1H3. The van der Waals surface area contributed by atoms with Gasteiger partial charge < -0.3 is 4.42 Å². The van der Waals surface area contributed by atoms with Crippen LogP contribution >= 0.6 is 11.6 Å². The number of nitro groups is 1. The van der Waals surface area contributed by atoms with Gasteiger partial charge in [-0.25, -0.2) is 0 Å². The Balaban J connectivity index is 1.84. The van der Waals surface area contributed by atoms with Crippen molar-refractivity contribution in [2.45, 2.75) is 26.1 Å². The molecular weight excluding hydrogens is 391 g/mol. The molecule has 0 aliphatic heterocycles. The van der Waals surface area contributed by atoms with Crippen LogP contribution in [0.1, 0.15) is 28.7 Å². The van der Waals surface area contributed by atoms with Gasteiger partial charge in [0.15, 0.2) is 0 Å². The first-order valence-corrected chi connectivity index (χ1v) is 7.87. The maximum Gasteiger partial charge on any atom is 0.442 e. The van der Waals surface area contributed by atoms with E-state index in [0.717, 1.165) is 10.2 Å². The predicted molar refractivity (Wildman–Crippen MR) is 86.3 cm³/mol. The summed E-state index contributed by atoms with van der Waals surface area (Å²) in [6.07, 6.45) is -4.68. The molecule has 8 nitrogen and oxygen atoms in total. The van der Waals surface area contributed by atoms with Gasteiger partial charge in [-0.2, -0.15) is 18.3 Å². The monoisotopic (exact) mass is 401 g/mol. The van der Waals surface area contributed by atoms with Crippen LogP contribution in [0.25, 0.3) is 0 Å². The van der Waals surface area contributed by atoms with Gasteiger partial charge in [-0.3, -0.25) is 14.8 Å². The largest absolute Gasteiger partial charge is 0.442 e. The normalized spacial score (nSPS) is 11.7. The summed E-state index contributed by atoms with van der Waals surface area (Å²) < 4.78 is 45.2. The van der Waals surface area contributed by atoms with Crippen LogP contribution in [0.2, 0.25) is 5.02 Å². The van der Waals surface area contributed by atoms with E-state index < -0.39 is 22.5 Å². The van der Waals surface area contributed by atoms with Crippen LogP contribution in [0.5, 0.6) is 0 Å². The molecule has 0 amide bonds. The van der Waals surface area contributed by atoms with Gasteiger partial charge in [0.2, 0.25) is 17.5 Å². The molecule has 0 fully saturated rings. The highest BCUT2D eigenvalue weighted by Crippen LogP contribution is 2.37. The maximum atomic E-state index is 13.0. The van der Waals surface area contributed by atoms with Crippen molar-refractivity contribution in [1.82, 2.24) is 20.0 Å². The summed E-state index contributed by atoms with van der Waals surface area (Å²) in [4.78, 5) is 9.87. The highest BCUT2D eigenvalue weighted by molar-refractivity contribution is 6.30. The summed E-state index contributed by atoms with van der Waals surface area (Å²) in [6.45, 7) is 0.842. The Hall–Kier alpha value is -2.95. The van der Waals surface area contributed by atoms with Crippen molar-refractivity contribution in [2.24, 2.45) is 0 Å². The smallest absolute Gasteiger partial charge is 0.423 e. The van der Waals surface area contributed by atoms with Crippen molar-refractivity contribution in [3.05, 3.63) is 68.1 Å². The Kier molecular flexibility index (Phi) is 4.87. The SMILES string of the molecule is Cc1c([N+](=O)[O-])c(C(F)(F)F)nn1Cc1nnc(Cc2cccc(Cl)c2)o1. The molecule has 0 radical (unpaired) electrons. The summed E-state index contributed by atoms with van der Waals surface area (Å²) in [7, 11) is 0. The summed E-state index contributed by atoms with van der Waals surface area (Å²) in [6, 6.07) is 6.96. The molecule has 0 bridgehead atoms. The molecule has 3 aromatic rings. The van der Waals surface area contributed by atoms with Gasteiger partial charge >= 0.3 is 11.9 Å². The third kappa shape index (κ3) is 4.08. The number of nitrogens with zero attached hydrogens (tertiary/aromatic N) is 5. The van der Waals surface area contributed by atoms with Crippen molar-refractivity contribution in [3.63, 3.8) is 0 Å². The minimum atomic E-state index is -4.95. The van der Waals surface area contributed by atoms with E-state index in [-0.39, 0.29) is 30.4 Å². The van der Waals surface area contributed by atoms with E-state index in [0.29, 0.717) is 5.02 Å². The molecular formula is C15H11ClF3N5O3. The number of hydrogen-bond donors (Lipinski definition) is 0. The molecule has 2 heterocycles. The Bertz CT molecular complexity index is 999. The summed E-state index contributed by atoms with van der Waals surface area (Å²) >= 11 is 5.90. The lowest BCUT2D eigenvalue weighted by atomic mass is 10.1. The molecule has 0 aliphatic carbocycles. The Morgan fingerprint density at radius 3 is 2.59 bits per heavy atom. The highest BCUT2D eigenvalue weighted by Gasteiger charge is 2.44. The van der Waals surface area contributed by atoms with Gasteiger partial charge in [-0.05, 0) is 24.6 Å². The zero-order valence-electron chi connectivity index (χ0n) is 13.7. The number of aromatic nitrogens is 4. The average Bonchev–Trinajstić information content (AvgIpc) is 3.12. The zero-order valence-corrected chi connectivity index (χ0v) is 14.5. The summed E-state index contributed by atoms with van der Waals surface area (Å²) in [5.74, 6) is 0.198. The highest BCUT2D eigenvalue weighted by atomic mass is 35.5. The number of rotatable bonds is 5. The fourth-order valence-electron chi connectivity index (χ4n) is 2.47. The minimum Gasteiger partial charge on any atom is -0.423 e. The van der Waals surface area contributed by atoms with E-state index in [1.54, 1.807) is 24.3 Å². The van der Waals surface area contributed by atoms with Crippen LogP contribution < -0.4 is 0 Å². The lowest BCUT2D eigenvalue weighted by Crippen LogP contribution is -2.10. The third-order valence-corrected chi connectivity index (χ3v) is 3.90. The lowest BCUT2D eigenvalue weighted by Gasteiger charge is -2.00. The van der Waals surface area contributed by atoms with Crippen molar-refractivity contribution in [2.75, 3.05) is 0 Å². The molecule has 2 aromatic heterocycles. The van der Waals surface area contributed by atoms with E-state index in [4.69, 9.17) is 16.0 Å². The molecule has 12 heteroatoms. The molecule has 142 valence electrons. The number of benzene rings is 1. The molecule has 0 saturated heterocycles. The molecule has 27 heavy (non-hydrogen) atoms. The molecule has 0 atom stereocenters. The van der Waals surface area contributed by atoms with E-state index in [9.17, 15) is 23.3 Å². The predicted octanol–water partition coefficient (Wildman–Crippen LogP) is 3.79. The lowest BCUT2D eigenvalue weighted by molar-refractivity contribution is -0.388. The Morgan fingerprint density at radius 1 is 1.30 bits per heavy atom. The van der Waals surface area contributed by atoms with Crippen LogP contribution in [0.3, 0.4) is 0 Å². The second-order valence-electron chi connectivity index (χ2n) is 5.59. The Labute approximate surface area is 154 Å². The summed E-state index contributed by atoms with van der Waals surface area (Å²) in [5, 5.41) is 22.4. The number of halogens is 4. The maximum absolute atomic E-state index is 13.0. The van der Waals surface area contributed by atoms with E-state index in [1.807, 2.05) is 0 Å². The number of hydrogen-bond acceptors (Lipinski definition) is 6. The fraction of sp³-hybridized carbons (Fsp3) is 0.267. The van der Waals surface area contributed by atoms with Crippen molar-refractivity contribution in [1.29, 1.82) is 0 Å². The van der Waals surface area contributed by atoms with Gasteiger partial charge in [0, 0.05) is 5.02 Å². The topological polar surface area (TPSA) is 99.9 Å². The first-order chi connectivity index (χ1) is 12.6. The van der Waals surface area contributed by atoms with Crippen LogP contribution in [0.15, 0.2) is 28.7 Å². The summed E-state index contributed by atoms with van der Waals surface area (Å²) in [5.41, 5.74) is -2.12. The molecule has 0 aliphatic rings. The van der Waals surface area contributed by atoms with E-state index in [1.165, 1.54) is 6.92 Å². The van der Waals surface area contributed by atoms with E-state index >= 15 is 0 Å². The third-order valence-electron chi connectivity index (χ3n) is 3.66. The van der Waals surface area contributed by atoms with Crippen LogP contribution in [0.4, 0.5) is 18.9 Å². The van der Waals surface area contributed by atoms with Crippen LogP contribution in [-0.4, -0.2) is 24.9 Å². The van der Waals surface area contributed by atoms with Gasteiger partial charge in [0.25, 0.3) is 0 Å². The fourth-order valence-corrected chi connectivity index (χ4v) is 2.69. The van der Waals surface area contributed by atoms with E-state index in [2.05, 4.69) is 15.3 Å². The average molecular weight is 402 g/mol. The molecule has 0 N–H and O–H groups in total. The molecule has 0 unspecified atom stereocenters. The first-order valence-electron chi connectivity index (χ1n) is 7.50. The second-order valence-corrected chi connectivity index (χ2v) is 6.03. The second kappa shape index (κ2) is 6.99. The van der Waals surface area contributed by atoms with Crippen LogP contribution in [0, 0.1) is 17.0 Å². The van der Waals surface area contributed by atoms with Gasteiger partial charge in [0.05, 0.1) is 11.3 Å². The zero-order chi connectivity index (χ0) is 19.8.